The number of rotatable bonds is 2. The Morgan fingerprint density at radius 3 is 2.39 bits per heavy atom. The molecule has 18 heavy (non-hydrogen) atoms. The summed E-state index contributed by atoms with van der Waals surface area (Å²) in [4.78, 5) is 15.6. The molecule has 0 saturated carbocycles. The molecule has 1 aromatic heterocycles. The van der Waals surface area contributed by atoms with Gasteiger partial charge in [-0.05, 0) is 12.8 Å². The second kappa shape index (κ2) is 4.72. The number of carboxylic acids is 1. The highest BCUT2D eigenvalue weighted by molar-refractivity contribution is 5.86. The third kappa shape index (κ3) is 2.56. The first-order valence-corrected chi connectivity index (χ1v) is 6.22. The minimum absolute atomic E-state index is 0.0241. The van der Waals surface area contributed by atoms with E-state index in [0.29, 0.717) is 24.8 Å². The van der Waals surface area contributed by atoms with Gasteiger partial charge in [0.05, 0.1) is 5.69 Å². The van der Waals surface area contributed by atoms with E-state index >= 15 is 0 Å². The van der Waals surface area contributed by atoms with Crippen molar-refractivity contribution in [2.75, 3.05) is 13.2 Å². The molecule has 1 N–H and O–H groups in total. The third-order valence-electron chi connectivity index (χ3n) is 3.12. The van der Waals surface area contributed by atoms with Gasteiger partial charge in [0.15, 0.2) is 5.89 Å². The Bertz CT molecular complexity index is 438. The molecule has 0 aromatic carbocycles. The zero-order valence-corrected chi connectivity index (χ0v) is 11.0. The van der Waals surface area contributed by atoms with Gasteiger partial charge in [-0.3, -0.25) is 0 Å². The number of oxazole rings is 1. The molecule has 5 heteroatoms. The molecule has 1 aromatic rings. The number of aromatic carboxylic acids is 1. The van der Waals surface area contributed by atoms with Crippen LogP contribution < -0.4 is 0 Å². The largest absolute Gasteiger partial charge is 0.475 e. The third-order valence-corrected chi connectivity index (χ3v) is 3.12. The van der Waals surface area contributed by atoms with Crippen molar-refractivity contribution in [1.29, 1.82) is 0 Å². The van der Waals surface area contributed by atoms with Crippen LogP contribution >= 0.6 is 0 Å². The lowest BCUT2D eigenvalue weighted by Gasteiger charge is -2.19. The van der Waals surface area contributed by atoms with Gasteiger partial charge in [0, 0.05) is 24.5 Å². The van der Waals surface area contributed by atoms with Crippen molar-refractivity contribution in [3.8, 4) is 0 Å². The molecule has 0 atom stereocenters. The molecule has 0 aliphatic carbocycles. The van der Waals surface area contributed by atoms with Crippen LogP contribution in [-0.4, -0.2) is 29.3 Å². The summed E-state index contributed by atoms with van der Waals surface area (Å²) >= 11 is 0. The van der Waals surface area contributed by atoms with Crippen LogP contribution in [0.1, 0.15) is 61.7 Å². The number of aromatic nitrogens is 1. The lowest BCUT2D eigenvalue weighted by molar-refractivity contribution is 0.0643. The van der Waals surface area contributed by atoms with Gasteiger partial charge in [0.1, 0.15) is 0 Å². The molecular weight excluding hydrogens is 234 g/mol. The van der Waals surface area contributed by atoms with Crippen LogP contribution in [0, 0.1) is 0 Å². The van der Waals surface area contributed by atoms with E-state index in [9.17, 15) is 9.90 Å². The molecule has 2 rings (SSSR count). The average molecular weight is 253 g/mol. The maximum Gasteiger partial charge on any atom is 0.373 e. The predicted molar refractivity (Wildman–Crippen MR) is 65.0 cm³/mol. The fourth-order valence-corrected chi connectivity index (χ4v) is 2.11. The summed E-state index contributed by atoms with van der Waals surface area (Å²) in [6.07, 6.45) is 1.67. The first kappa shape index (κ1) is 13.1. The fourth-order valence-electron chi connectivity index (χ4n) is 2.11. The lowest BCUT2D eigenvalue weighted by atomic mass is 9.91. The Kier molecular flexibility index (Phi) is 3.43. The monoisotopic (exact) mass is 253 g/mol. The van der Waals surface area contributed by atoms with Crippen LogP contribution in [0.4, 0.5) is 0 Å². The molecule has 5 nitrogen and oxygen atoms in total. The number of hydrogen-bond donors (Lipinski definition) is 1. The molecular formula is C13H19NO4. The van der Waals surface area contributed by atoms with Crippen molar-refractivity contribution >= 4 is 5.97 Å². The summed E-state index contributed by atoms with van der Waals surface area (Å²) in [7, 11) is 0. The van der Waals surface area contributed by atoms with Gasteiger partial charge in [-0.25, -0.2) is 9.78 Å². The Morgan fingerprint density at radius 1 is 1.33 bits per heavy atom. The molecule has 0 spiro atoms. The zero-order chi connectivity index (χ0) is 13.3. The van der Waals surface area contributed by atoms with Crippen LogP contribution in [0.15, 0.2) is 4.42 Å². The maximum absolute atomic E-state index is 11.2. The first-order chi connectivity index (χ1) is 8.39. The molecule has 1 aliphatic rings. The Hall–Kier alpha value is -1.36. The van der Waals surface area contributed by atoms with Crippen molar-refractivity contribution in [3.05, 3.63) is 17.3 Å². The van der Waals surface area contributed by atoms with E-state index in [0.717, 1.165) is 12.8 Å². The summed E-state index contributed by atoms with van der Waals surface area (Å²) < 4.78 is 10.8. The van der Waals surface area contributed by atoms with E-state index in [4.69, 9.17) is 9.15 Å². The molecule has 0 unspecified atom stereocenters. The van der Waals surface area contributed by atoms with E-state index in [1.807, 2.05) is 20.8 Å². The zero-order valence-electron chi connectivity index (χ0n) is 11.0. The molecule has 0 bridgehead atoms. The van der Waals surface area contributed by atoms with Gasteiger partial charge < -0.3 is 14.3 Å². The van der Waals surface area contributed by atoms with Gasteiger partial charge in [0.25, 0.3) is 0 Å². The number of carbonyl (C=O) groups is 1. The molecule has 1 fully saturated rings. The van der Waals surface area contributed by atoms with Crippen LogP contribution in [0.3, 0.4) is 0 Å². The Balaban J connectivity index is 2.35. The molecule has 0 amide bonds. The first-order valence-electron chi connectivity index (χ1n) is 6.22. The maximum atomic E-state index is 11.2. The number of nitrogens with zero attached hydrogens (tertiary/aromatic N) is 1. The molecule has 2 heterocycles. The van der Waals surface area contributed by atoms with Gasteiger partial charge in [0.2, 0.25) is 5.76 Å². The van der Waals surface area contributed by atoms with Gasteiger partial charge in [-0.1, -0.05) is 20.8 Å². The summed E-state index contributed by atoms with van der Waals surface area (Å²) in [5.74, 6) is -0.358. The molecule has 100 valence electrons. The van der Waals surface area contributed by atoms with Crippen LogP contribution in [0.2, 0.25) is 0 Å². The summed E-state index contributed by atoms with van der Waals surface area (Å²) in [6, 6.07) is 0. The van der Waals surface area contributed by atoms with Crippen molar-refractivity contribution < 1.29 is 19.1 Å². The van der Waals surface area contributed by atoms with Crippen molar-refractivity contribution in [2.45, 2.75) is 44.9 Å². The highest BCUT2D eigenvalue weighted by Gasteiger charge is 2.31. The topological polar surface area (TPSA) is 72.6 Å². The van der Waals surface area contributed by atoms with Gasteiger partial charge in [-0.2, -0.15) is 0 Å². The standard InChI is InChI=1S/C13H19NO4/c1-13(2,3)10-9(12(15)16)18-11(14-10)8-4-6-17-7-5-8/h8H,4-7H2,1-3H3,(H,15,16). The predicted octanol–water partition coefficient (Wildman–Crippen LogP) is 2.56. The van der Waals surface area contributed by atoms with Crippen molar-refractivity contribution in [3.63, 3.8) is 0 Å². The second-order valence-electron chi connectivity index (χ2n) is 5.67. The highest BCUT2D eigenvalue weighted by atomic mass is 16.5. The quantitative estimate of drug-likeness (QED) is 0.876. The van der Waals surface area contributed by atoms with E-state index in [2.05, 4.69) is 4.98 Å². The average Bonchev–Trinajstić information content (AvgIpc) is 2.74. The lowest BCUT2D eigenvalue weighted by Crippen LogP contribution is -2.17. The number of carboxylic acid groups (broad SMARTS) is 1. The second-order valence-corrected chi connectivity index (χ2v) is 5.67. The van der Waals surface area contributed by atoms with Crippen LogP contribution in [0.5, 0.6) is 0 Å². The van der Waals surface area contributed by atoms with Crippen LogP contribution in [0.25, 0.3) is 0 Å². The van der Waals surface area contributed by atoms with Crippen LogP contribution in [-0.2, 0) is 10.2 Å². The van der Waals surface area contributed by atoms with Gasteiger partial charge in [-0.15, -0.1) is 0 Å². The Labute approximate surface area is 106 Å². The minimum atomic E-state index is -1.05. The van der Waals surface area contributed by atoms with Crippen molar-refractivity contribution in [1.82, 2.24) is 4.98 Å². The number of ether oxygens (including phenoxy) is 1. The fraction of sp³-hybridized carbons (Fsp3) is 0.692. The molecule has 1 aliphatic heterocycles. The highest BCUT2D eigenvalue weighted by Crippen LogP contribution is 2.32. The smallest absolute Gasteiger partial charge is 0.373 e. The molecule has 0 radical (unpaired) electrons. The summed E-state index contributed by atoms with van der Waals surface area (Å²) in [5.41, 5.74) is 0.192. The minimum Gasteiger partial charge on any atom is -0.475 e. The van der Waals surface area contributed by atoms with E-state index in [-0.39, 0.29) is 17.1 Å². The Morgan fingerprint density at radius 2 is 1.94 bits per heavy atom. The molecule has 1 saturated heterocycles. The summed E-state index contributed by atoms with van der Waals surface area (Å²) in [6.45, 7) is 7.17. The SMILES string of the molecule is CC(C)(C)c1nc(C2CCOCC2)oc1C(=O)O. The van der Waals surface area contributed by atoms with Gasteiger partial charge >= 0.3 is 5.97 Å². The van der Waals surface area contributed by atoms with E-state index in [1.165, 1.54) is 0 Å². The van der Waals surface area contributed by atoms with Crippen molar-refractivity contribution in [2.24, 2.45) is 0 Å². The van der Waals surface area contributed by atoms with E-state index in [1.54, 1.807) is 0 Å². The number of hydrogen-bond acceptors (Lipinski definition) is 4. The van der Waals surface area contributed by atoms with E-state index < -0.39 is 5.97 Å². The normalized spacial score (nSPS) is 17.9. The summed E-state index contributed by atoms with van der Waals surface area (Å²) in [5, 5.41) is 9.18.